The molecule has 0 saturated carbocycles. The predicted molar refractivity (Wildman–Crippen MR) is 158 cm³/mol. The topological polar surface area (TPSA) is 80.6 Å². The number of rotatable bonds is 19. The molecule has 0 aliphatic carbocycles. The fourth-order valence-electron chi connectivity index (χ4n) is 4.76. The third kappa shape index (κ3) is 15.3. The summed E-state index contributed by atoms with van der Waals surface area (Å²) in [6.45, 7) is 4.43. The van der Waals surface area contributed by atoms with Gasteiger partial charge in [-0.2, -0.15) is 4.65 Å². The summed E-state index contributed by atoms with van der Waals surface area (Å²) in [6.07, 6.45) is 23.8. The van der Waals surface area contributed by atoms with Gasteiger partial charge in [0.05, 0.1) is 19.7 Å². The molecule has 0 bridgehead atoms. The lowest BCUT2D eigenvalue weighted by atomic mass is 10.0. The highest BCUT2D eigenvalue weighted by molar-refractivity contribution is 6.04. The van der Waals surface area contributed by atoms with Crippen molar-refractivity contribution < 1.29 is 24.9 Å². The van der Waals surface area contributed by atoms with Crippen LogP contribution in [-0.4, -0.2) is 41.1 Å². The molecule has 2 aromatic rings. The van der Waals surface area contributed by atoms with Gasteiger partial charge in [-0.05, 0) is 24.1 Å². The molecule has 1 atom stereocenters. The average Bonchev–Trinajstić information content (AvgIpc) is 2.87. The Bertz CT molecular complexity index is 890. The molecule has 2 rings (SSSR count). The quantitative estimate of drug-likeness (QED) is 0.108. The Labute approximate surface area is 232 Å². The summed E-state index contributed by atoms with van der Waals surface area (Å²) >= 11 is 0. The molecule has 0 spiro atoms. The van der Waals surface area contributed by atoms with Crippen LogP contribution >= 0.6 is 0 Å². The number of hydrogen-bond acceptors (Lipinski definition) is 3. The number of nitrogens with zero attached hydrogens (tertiary/aromatic N) is 1. The summed E-state index contributed by atoms with van der Waals surface area (Å²) in [5.74, 6) is -1.35. The molecule has 5 heteroatoms. The van der Waals surface area contributed by atoms with Crippen molar-refractivity contribution in [1.82, 2.24) is 0 Å². The van der Waals surface area contributed by atoms with E-state index in [-0.39, 0.29) is 16.0 Å². The second-order valence-corrected chi connectivity index (χ2v) is 11.4. The highest BCUT2D eigenvalue weighted by atomic mass is 16.5. The van der Waals surface area contributed by atoms with Crippen molar-refractivity contribution in [2.24, 2.45) is 0 Å². The molecular weight excluding hydrogens is 474 g/mol. The zero-order chi connectivity index (χ0) is 28.2. The number of hydrogen-bond donors (Lipinski definition) is 2. The maximum atomic E-state index is 11.1. The molecule has 38 heavy (non-hydrogen) atoms. The van der Waals surface area contributed by atoms with Crippen LogP contribution in [0.5, 0.6) is 5.75 Å². The van der Waals surface area contributed by atoms with Gasteiger partial charge in [-0.15, -0.1) is 5.75 Å². The molecular formula is C33H55NO4. The first kappa shape index (κ1) is 33.9. The first-order valence-corrected chi connectivity index (χ1v) is 15.2. The number of quaternary nitrogens is 1. The van der Waals surface area contributed by atoms with Crippen molar-refractivity contribution in [3.8, 4) is 5.75 Å². The van der Waals surface area contributed by atoms with E-state index in [1.807, 2.05) is 14.1 Å². The van der Waals surface area contributed by atoms with E-state index < -0.39 is 5.97 Å². The number of unbranched alkanes of at least 4 members (excludes halogenated alkanes) is 15. The summed E-state index contributed by atoms with van der Waals surface area (Å²) in [5.41, 5.74) is 0.0631. The molecule has 216 valence electrons. The van der Waals surface area contributed by atoms with Crippen molar-refractivity contribution in [2.45, 2.75) is 129 Å². The molecule has 0 aromatic heterocycles. The SMILES string of the molecule is CCCCCCCCCCCCCCCCCCC(C)[N+](C)(C)O.O=C(O)c1cc([O-])cc2ccccc12. The number of fused-ring (bicyclic) bond motifs is 1. The lowest BCUT2D eigenvalue weighted by Gasteiger charge is -2.27. The maximum Gasteiger partial charge on any atom is 0.336 e. The van der Waals surface area contributed by atoms with Crippen LogP contribution in [0.3, 0.4) is 0 Å². The van der Waals surface area contributed by atoms with Gasteiger partial charge in [0.15, 0.2) is 0 Å². The number of carboxylic acids is 1. The summed E-state index contributed by atoms with van der Waals surface area (Å²) in [7, 11) is 3.74. The number of aromatic carboxylic acids is 1. The minimum Gasteiger partial charge on any atom is -0.872 e. The molecule has 0 fully saturated rings. The van der Waals surface area contributed by atoms with Crippen LogP contribution in [0.1, 0.15) is 133 Å². The number of hydroxylamine groups is 3. The summed E-state index contributed by atoms with van der Waals surface area (Å²) in [5, 5.41) is 31.1. The van der Waals surface area contributed by atoms with Crippen LogP contribution in [0.15, 0.2) is 36.4 Å². The van der Waals surface area contributed by atoms with Crippen LogP contribution in [0, 0.1) is 0 Å². The van der Waals surface area contributed by atoms with E-state index in [1.165, 1.54) is 109 Å². The van der Waals surface area contributed by atoms with E-state index in [0.29, 0.717) is 16.8 Å². The first-order valence-electron chi connectivity index (χ1n) is 15.2. The minimum absolute atomic E-state index is 0.0631. The van der Waals surface area contributed by atoms with Gasteiger partial charge in [0.1, 0.15) is 6.04 Å². The third-order valence-electron chi connectivity index (χ3n) is 7.62. The summed E-state index contributed by atoms with van der Waals surface area (Å²) < 4.78 is 0.110. The third-order valence-corrected chi connectivity index (χ3v) is 7.62. The summed E-state index contributed by atoms with van der Waals surface area (Å²) in [6, 6.07) is 9.87. The normalized spacial score (nSPS) is 12.2. The van der Waals surface area contributed by atoms with Crippen molar-refractivity contribution in [3.05, 3.63) is 42.0 Å². The molecule has 0 aliphatic rings. The van der Waals surface area contributed by atoms with Gasteiger partial charge >= 0.3 is 5.97 Å². The molecule has 0 amide bonds. The molecule has 0 heterocycles. The van der Waals surface area contributed by atoms with Gasteiger partial charge in [-0.25, -0.2) is 10.0 Å². The van der Waals surface area contributed by atoms with Crippen LogP contribution in [0.25, 0.3) is 10.8 Å². The van der Waals surface area contributed by atoms with Crippen LogP contribution in [0.2, 0.25) is 0 Å². The van der Waals surface area contributed by atoms with E-state index in [0.717, 1.165) is 12.5 Å². The number of carboxylic acid groups (broad SMARTS) is 1. The highest BCUT2D eigenvalue weighted by Crippen LogP contribution is 2.23. The van der Waals surface area contributed by atoms with Crippen molar-refractivity contribution >= 4 is 16.7 Å². The average molecular weight is 530 g/mol. The Hall–Kier alpha value is -2.11. The smallest absolute Gasteiger partial charge is 0.336 e. The molecule has 2 aromatic carbocycles. The first-order chi connectivity index (χ1) is 18.2. The van der Waals surface area contributed by atoms with Gasteiger partial charge in [0.25, 0.3) is 0 Å². The second kappa shape index (κ2) is 19.9. The van der Waals surface area contributed by atoms with E-state index >= 15 is 0 Å². The Morgan fingerprint density at radius 1 is 0.789 bits per heavy atom. The van der Waals surface area contributed by atoms with Gasteiger partial charge in [-0.1, -0.05) is 140 Å². The van der Waals surface area contributed by atoms with Gasteiger partial charge < -0.3 is 10.2 Å². The predicted octanol–water partition coefficient (Wildman–Crippen LogP) is 9.10. The lowest BCUT2D eigenvalue weighted by Crippen LogP contribution is -2.43. The molecule has 2 N–H and O–H groups in total. The highest BCUT2D eigenvalue weighted by Gasteiger charge is 2.20. The molecule has 0 radical (unpaired) electrons. The fourth-order valence-corrected chi connectivity index (χ4v) is 4.76. The molecule has 5 nitrogen and oxygen atoms in total. The Morgan fingerprint density at radius 3 is 1.68 bits per heavy atom. The van der Waals surface area contributed by atoms with Crippen LogP contribution in [-0.2, 0) is 0 Å². The Balaban J connectivity index is 0.000000431. The van der Waals surface area contributed by atoms with E-state index in [9.17, 15) is 15.1 Å². The maximum absolute atomic E-state index is 11.1. The zero-order valence-electron chi connectivity index (χ0n) is 24.7. The Morgan fingerprint density at radius 2 is 1.24 bits per heavy atom. The van der Waals surface area contributed by atoms with E-state index in [1.54, 1.807) is 24.3 Å². The minimum atomic E-state index is -1.07. The van der Waals surface area contributed by atoms with Crippen LogP contribution < -0.4 is 5.11 Å². The largest absolute Gasteiger partial charge is 0.872 e. The monoisotopic (exact) mass is 529 g/mol. The van der Waals surface area contributed by atoms with Gasteiger partial charge in [0, 0.05) is 6.42 Å². The van der Waals surface area contributed by atoms with E-state index in [2.05, 4.69) is 13.8 Å². The van der Waals surface area contributed by atoms with Gasteiger partial charge in [-0.3, -0.25) is 0 Å². The number of carbonyl (C=O) groups is 1. The second-order valence-electron chi connectivity index (χ2n) is 11.4. The van der Waals surface area contributed by atoms with E-state index in [4.69, 9.17) is 5.11 Å². The number of benzene rings is 2. The van der Waals surface area contributed by atoms with Crippen molar-refractivity contribution in [2.75, 3.05) is 14.1 Å². The summed E-state index contributed by atoms with van der Waals surface area (Å²) in [4.78, 5) is 10.8. The molecule has 0 aliphatic heterocycles. The van der Waals surface area contributed by atoms with Crippen LogP contribution in [0.4, 0.5) is 0 Å². The van der Waals surface area contributed by atoms with Crippen molar-refractivity contribution in [1.29, 1.82) is 0 Å². The molecule has 0 saturated heterocycles. The zero-order valence-corrected chi connectivity index (χ0v) is 24.7. The van der Waals surface area contributed by atoms with Gasteiger partial charge in [0.2, 0.25) is 0 Å². The van der Waals surface area contributed by atoms with Crippen molar-refractivity contribution in [3.63, 3.8) is 0 Å². The standard InChI is InChI=1S/C22H48NO.C11H8O3/c1-5-6-7-8-9-10-11-12-13-14-15-16-17-18-19-20-21-22(2)23(3,4)24;12-8-5-7-3-1-2-4-9(7)10(6-8)11(13)14/h22,24H,5-21H2,1-4H3;1-6,12H,(H,13,14)/q+1;/p-1. The fraction of sp³-hybridized carbons (Fsp3) is 0.667. The molecule has 1 unspecified atom stereocenters. The lowest BCUT2D eigenvalue weighted by molar-refractivity contribution is -1.09. The Kier molecular flexibility index (Phi) is 17.7.